The van der Waals surface area contributed by atoms with E-state index in [0.717, 1.165) is 51.1 Å². The van der Waals surface area contributed by atoms with Crippen molar-refractivity contribution in [2.24, 2.45) is 5.10 Å². The standard InChI is InChI=1S/C47H39N3O2/c1-51-45-30-26-43(27-31-45)50(44-28-32-46(52-2)33-29-44)48-35-37-20-24-42(25-21-37)49(40-16-10-5-11-17-40)41-22-18-36(19-23-41)34-47(38-12-6-3-7-13-38)39-14-8-4-9-15-39/h3-35H,1-2H3/b48-35+. The molecule has 0 spiro atoms. The zero-order chi connectivity index (χ0) is 35.5. The first kappa shape index (κ1) is 33.6. The van der Waals surface area contributed by atoms with Crippen molar-refractivity contribution in [2.75, 3.05) is 24.1 Å². The van der Waals surface area contributed by atoms with Crippen molar-refractivity contribution in [3.8, 4) is 11.5 Å². The molecule has 52 heavy (non-hydrogen) atoms. The van der Waals surface area contributed by atoms with Gasteiger partial charge < -0.3 is 14.4 Å². The van der Waals surface area contributed by atoms with Gasteiger partial charge in [0.15, 0.2) is 0 Å². The van der Waals surface area contributed by atoms with Gasteiger partial charge in [0.25, 0.3) is 0 Å². The molecular formula is C47H39N3O2. The van der Waals surface area contributed by atoms with E-state index in [1.165, 1.54) is 16.7 Å². The Bertz CT molecular complexity index is 2130. The van der Waals surface area contributed by atoms with Crippen LogP contribution < -0.4 is 19.4 Å². The second-order valence-electron chi connectivity index (χ2n) is 12.1. The summed E-state index contributed by atoms with van der Waals surface area (Å²) in [4.78, 5) is 2.27. The first-order valence-corrected chi connectivity index (χ1v) is 17.2. The average Bonchev–Trinajstić information content (AvgIpc) is 3.22. The van der Waals surface area contributed by atoms with E-state index in [-0.39, 0.29) is 0 Å². The third-order valence-electron chi connectivity index (χ3n) is 8.75. The number of ether oxygens (including phenoxy) is 2. The minimum atomic E-state index is 0.788. The van der Waals surface area contributed by atoms with Crippen molar-refractivity contribution < 1.29 is 9.47 Å². The van der Waals surface area contributed by atoms with Gasteiger partial charge in [0.05, 0.1) is 31.8 Å². The molecule has 0 aromatic heterocycles. The predicted molar refractivity (Wildman–Crippen MR) is 217 cm³/mol. The molecule has 0 fully saturated rings. The number of hydrazone groups is 1. The topological polar surface area (TPSA) is 37.3 Å². The summed E-state index contributed by atoms with van der Waals surface area (Å²) < 4.78 is 10.8. The van der Waals surface area contributed by atoms with Crippen LogP contribution in [0.4, 0.5) is 28.4 Å². The zero-order valence-corrected chi connectivity index (χ0v) is 29.2. The Morgan fingerprint density at radius 3 is 1.25 bits per heavy atom. The molecule has 7 aromatic rings. The average molecular weight is 678 g/mol. The van der Waals surface area contributed by atoms with Gasteiger partial charge in [-0.2, -0.15) is 5.10 Å². The van der Waals surface area contributed by atoms with Crippen molar-refractivity contribution in [2.45, 2.75) is 0 Å². The molecule has 0 heterocycles. The van der Waals surface area contributed by atoms with Gasteiger partial charge in [-0.25, -0.2) is 5.01 Å². The van der Waals surface area contributed by atoms with Gasteiger partial charge in [0, 0.05) is 17.1 Å². The molecule has 0 amide bonds. The van der Waals surface area contributed by atoms with E-state index < -0.39 is 0 Å². The molecule has 7 rings (SSSR count). The molecule has 0 radical (unpaired) electrons. The SMILES string of the molecule is COc1ccc(N(/N=C/c2ccc(N(c3ccccc3)c3ccc(C=C(c4ccccc4)c4ccccc4)cc3)cc2)c2ccc(OC)cc2)cc1. The Morgan fingerprint density at radius 2 is 0.808 bits per heavy atom. The third-order valence-corrected chi connectivity index (χ3v) is 8.75. The van der Waals surface area contributed by atoms with Gasteiger partial charge in [-0.15, -0.1) is 0 Å². The maximum absolute atomic E-state index is 5.38. The zero-order valence-electron chi connectivity index (χ0n) is 29.2. The number of nitrogens with zero attached hydrogens (tertiary/aromatic N) is 3. The Labute approximate surface area is 306 Å². The molecule has 5 heteroatoms. The van der Waals surface area contributed by atoms with E-state index in [1.54, 1.807) is 14.2 Å². The summed E-state index contributed by atoms with van der Waals surface area (Å²) in [5, 5.41) is 6.82. The summed E-state index contributed by atoms with van der Waals surface area (Å²) in [5.74, 6) is 1.58. The first-order chi connectivity index (χ1) is 25.7. The van der Waals surface area contributed by atoms with Crippen molar-refractivity contribution in [1.29, 1.82) is 0 Å². The van der Waals surface area contributed by atoms with E-state index in [2.05, 4.69) is 144 Å². The van der Waals surface area contributed by atoms with Gasteiger partial charge in [-0.3, -0.25) is 0 Å². The normalized spacial score (nSPS) is 10.8. The lowest BCUT2D eigenvalue weighted by Crippen LogP contribution is -2.10. The lowest BCUT2D eigenvalue weighted by molar-refractivity contribution is 0.415. The van der Waals surface area contributed by atoms with Crippen LogP contribution in [0, 0.1) is 0 Å². The Kier molecular flexibility index (Phi) is 10.5. The molecule has 0 atom stereocenters. The molecule has 5 nitrogen and oxygen atoms in total. The maximum atomic E-state index is 5.38. The highest BCUT2D eigenvalue weighted by Gasteiger charge is 2.13. The first-order valence-electron chi connectivity index (χ1n) is 17.2. The molecule has 254 valence electrons. The maximum Gasteiger partial charge on any atom is 0.119 e. The fraction of sp³-hybridized carbons (Fsp3) is 0.0426. The highest BCUT2D eigenvalue weighted by molar-refractivity contribution is 5.92. The summed E-state index contributed by atoms with van der Waals surface area (Å²) in [6, 6.07) is 64.4. The highest BCUT2D eigenvalue weighted by Crippen LogP contribution is 2.36. The summed E-state index contributed by atoms with van der Waals surface area (Å²) in [6.45, 7) is 0. The van der Waals surface area contributed by atoms with E-state index in [0.29, 0.717) is 0 Å². The highest BCUT2D eigenvalue weighted by atomic mass is 16.5. The molecule has 0 saturated heterocycles. The third kappa shape index (κ3) is 7.96. The Morgan fingerprint density at radius 1 is 0.423 bits per heavy atom. The number of methoxy groups -OCH3 is 2. The van der Waals surface area contributed by atoms with Crippen LogP contribution in [0.2, 0.25) is 0 Å². The fourth-order valence-corrected chi connectivity index (χ4v) is 6.04. The number of hydrogen-bond acceptors (Lipinski definition) is 5. The monoisotopic (exact) mass is 677 g/mol. The fourth-order valence-electron chi connectivity index (χ4n) is 6.04. The summed E-state index contributed by atoms with van der Waals surface area (Å²) in [7, 11) is 3.33. The lowest BCUT2D eigenvalue weighted by atomic mass is 9.95. The second-order valence-corrected chi connectivity index (χ2v) is 12.1. The molecule has 0 aliphatic carbocycles. The van der Waals surface area contributed by atoms with Crippen LogP contribution in [0.3, 0.4) is 0 Å². The molecule has 0 unspecified atom stereocenters. The Hall–Kier alpha value is -6.85. The summed E-state index contributed by atoms with van der Waals surface area (Å²) >= 11 is 0. The van der Waals surface area contributed by atoms with E-state index in [9.17, 15) is 0 Å². The number of benzene rings is 7. The summed E-state index contributed by atoms with van der Waals surface area (Å²) in [6.07, 6.45) is 4.14. The quantitative estimate of drug-likeness (QED) is 0.0733. The molecular weight excluding hydrogens is 639 g/mol. The molecule has 0 saturated carbocycles. The van der Waals surface area contributed by atoms with E-state index in [4.69, 9.17) is 14.6 Å². The van der Waals surface area contributed by atoms with Crippen LogP contribution in [0.5, 0.6) is 11.5 Å². The number of anilines is 5. The van der Waals surface area contributed by atoms with Gasteiger partial charge in [0.2, 0.25) is 0 Å². The van der Waals surface area contributed by atoms with E-state index in [1.807, 2.05) is 65.8 Å². The van der Waals surface area contributed by atoms with Gasteiger partial charge in [-0.1, -0.05) is 103 Å². The van der Waals surface area contributed by atoms with Crippen LogP contribution in [0.15, 0.2) is 193 Å². The van der Waals surface area contributed by atoms with Crippen molar-refractivity contribution in [3.05, 3.63) is 210 Å². The lowest BCUT2D eigenvalue weighted by Gasteiger charge is -2.25. The van der Waals surface area contributed by atoms with Crippen LogP contribution in [-0.4, -0.2) is 20.4 Å². The minimum Gasteiger partial charge on any atom is -0.497 e. The Balaban J connectivity index is 1.18. The smallest absolute Gasteiger partial charge is 0.119 e. The molecule has 0 bridgehead atoms. The van der Waals surface area contributed by atoms with Gasteiger partial charge in [-0.05, 0) is 119 Å². The number of hydrogen-bond donors (Lipinski definition) is 0. The van der Waals surface area contributed by atoms with Crippen LogP contribution in [0.1, 0.15) is 22.3 Å². The van der Waals surface area contributed by atoms with Gasteiger partial charge >= 0.3 is 0 Å². The molecule has 0 aliphatic rings. The van der Waals surface area contributed by atoms with Crippen molar-refractivity contribution >= 4 is 46.3 Å². The molecule has 7 aromatic carbocycles. The number of rotatable bonds is 12. The predicted octanol–water partition coefficient (Wildman–Crippen LogP) is 11.9. The number of para-hydroxylation sites is 1. The van der Waals surface area contributed by atoms with E-state index >= 15 is 0 Å². The summed E-state index contributed by atoms with van der Waals surface area (Å²) in [5.41, 5.74) is 10.7. The largest absolute Gasteiger partial charge is 0.497 e. The minimum absolute atomic E-state index is 0.788. The second kappa shape index (κ2) is 16.2. The van der Waals surface area contributed by atoms with Crippen molar-refractivity contribution in [3.63, 3.8) is 0 Å². The van der Waals surface area contributed by atoms with Crippen molar-refractivity contribution in [1.82, 2.24) is 0 Å². The van der Waals surface area contributed by atoms with Crippen LogP contribution in [0.25, 0.3) is 11.6 Å². The van der Waals surface area contributed by atoms with Crippen LogP contribution in [-0.2, 0) is 0 Å². The van der Waals surface area contributed by atoms with Crippen LogP contribution >= 0.6 is 0 Å². The molecule has 0 aliphatic heterocycles. The van der Waals surface area contributed by atoms with Gasteiger partial charge in [0.1, 0.15) is 11.5 Å². The molecule has 0 N–H and O–H groups in total.